The minimum atomic E-state index is -4.84. The lowest BCUT2D eigenvalue weighted by Crippen LogP contribution is -2.48. The van der Waals surface area contributed by atoms with Gasteiger partial charge in [-0.05, 0) is 31.1 Å². The monoisotopic (exact) mass is 303 g/mol. The Bertz CT molecular complexity index is 516. The van der Waals surface area contributed by atoms with Gasteiger partial charge in [0.1, 0.15) is 0 Å². The normalized spacial score (nSPS) is 38.2. The maximum atomic E-state index is 13.1. The maximum absolute atomic E-state index is 13.1. The molecule has 0 radical (unpaired) electrons. The van der Waals surface area contributed by atoms with Crippen LogP contribution in [0, 0.1) is 23.2 Å². The van der Waals surface area contributed by atoms with Gasteiger partial charge < -0.3 is 10.0 Å². The Labute approximate surface area is 119 Å². The van der Waals surface area contributed by atoms with Crippen LogP contribution in [0.3, 0.4) is 0 Å². The summed E-state index contributed by atoms with van der Waals surface area (Å²) in [6, 6.07) is 0. The number of hydrogen-bond donors (Lipinski definition) is 1. The zero-order valence-corrected chi connectivity index (χ0v) is 11.3. The minimum absolute atomic E-state index is 0.105. The van der Waals surface area contributed by atoms with E-state index in [-0.39, 0.29) is 24.3 Å². The van der Waals surface area contributed by atoms with Crippen molar-refractivity contribution in [1.29, 1.82) is 0 Å². The number of nitrogens with zero attached hydrogens (tertiary/aromatic N) is 1. The molecule has 0 spiro atoms. The van der Waals surface area contributed by atoms with E-state index in [2.05, 4.69) is 6.08 Å². The van der Waals surface area contributed by atoms with Gasteiger partial charge in [-0.3, -0.25) is 9.59 Å². The molecule has 3 aliphatic rings. The van der Waals surface area contributed by atoms with E-state index in [0.717, 1.165) is 11.3 Å². The van der Waals surface area contributed by atoms with Crippen LogP contribution in [0.25, 0.3) is 0 Å². The van der Waals surface area contributed by atoms with Gasteiger partial charge >= 0.3 is 12.1 Å². The number of carbonyl (C=O) groups excluding carboxylic acids is 1. The first kappa shape index (κ1) is 14.4. The maximum Gasteiger partial charge on any atom is 0.406 e. The molecule has 4 atom stereocenters. The number of fused-ring (bicyclic) bond motifs is 2. The van der Waals surface area contributed by atoms with E-state index in [1.807, 2.05) is 6.08 Å². The van der Waals surface area contributed by atoms with E-state index in [1.165, 1.54) is 0 Å². The summed E-state index contributed by atoms with van der Waals surface area (Å²) < 4.78 is 39.3. The molecule has 0 aromatic heterocycles. The summed E-state index contributed by atoms with van der Waals surface area (Å²) in [7, 11) is 0. The number of hydrogen-bond acceptors (Lipinski definition) is 2. The largest absolute Gasteiger partial charge is 0.481 e. The summed E-state index contributed by atoms with van der Waals surface area (Å²) >= 11 is 0. The number of aliphatic carboxylic acids is 1. The Morgan fingerprint density at radius 1 is 1.24 bits per heavy atom. The molecule has 1 amide bonds. The fraction of sp³-hybridized carbons (Fsp3) is 0.714. The van der Waals surface area contributed by atoms with Crippen molar-refractivity contribution in [3.63, 3.8) is 0 Å². The number of likely N-dealkylation sites (tertiary alicyclic amines) is 1. The summed E-state index contributed by atoms with van der Waals surface area (Å²) in [5.41, 5.74) is -2.81. The third kappa shape index (κ3) is 2.05. The van der Waals surface area contributed by atoms with E-state index in [9.17, 15) is 22.8 Å². The first-order valence-electron chi connectivity index (χ1n) is 7.02. The molecule has 2 bridgehead atoms. The molecule has 1 saturated carbocycles. The molecule has 4 nitrogen and oxygen atoms in total. The highest BCUT2D eigenvalue weighted by Gasteiger charge is 2.64. The fourth-order valence-corrected chi connectivity index (χ4v) is 3.82. The van der Waals surface area contributed by atoms with Gasteiger partial charge in [-0.15, -0.1) is 0 Å². The van der Waals surface area contributed by atoms with Crippen molar-refractivity contribution >= 4 is 11.9 Å². The van der Waals surface area contributed by atoms with Crippen molar-refractivity contribution in [3.05, 3.63) is 12.2 Å². The molecule has 1 saturated heterocycles. The van der Waals surface area contributed by atoms with Crippen LogP contribution in [0.1, 0.15) is 19.3 Å². The lowest BCUT2D eigenvalue weighted by atomic mass is 9.86. The molecule has 1 heterocycles. The average molecular weight is 303 g/mol. The van der Waals surface area contributed by atoms with Crippen LogP contribution in [-0.4, -0.2) is 41.1 Å². The molecular weight excluding hydrogens is 287 g/mol. The van der Waals surface area contributed by atoms with E-state index in [1.54, 1.807) is 0 Å². The second-order valence-electron chi connectivity index (χ2n) is 6.28. The van der Waals surface area contributed by atoms with Gasteiger partial charge in [-0.2, -0.15) is 13.2 Å². The topological polar surface area (TPSA) is 57.6 Å². The van der Waals surface area contributed by atoms with E-state index in [0.29, 0.717) is 12.3 Å². The van der Waals surface area contributed by atoms with Crippen molar-refractivity contribution in [2.75, 3.05) is 13.1 Å². The smallest absolute Gasteiger partial charge is 0.406 e. The molecule has 1 aliphatic heterocycles. The van der Waals surface area contributed by atoms with Crippen LogP contribution >= 0.6 is 0 Å². The quantitative estimate of drug-likeness (QED) is 0.795. The van der Waals surface area contributed by atoms with Gasteiger partial charge in [0, 0.05) is 19.0 Å². The van der Waals surface area contributed by atoms with Crippen LogP contribution < -0.4 is 0 Å². The summed E-state index contributed by atoms with van der Waals surface area (Å²) in [6.07, 6.45) is 0.156. The third-order valence-corrected chi connectivity index (χ3v) is 5.13. The van der Waals surface area contributed by atoms with Gasteiger partial charge in [0.05, 0.1) is 0 Å². The molecule has 2 aliphatic carbocycles. The van der Waals surface area contributed by atoms with Crippen LogP contribution in [0.2, 0.25) is 0 Å². The Hall–Kier alpha value is -1.53. The molecule has 1 N–H and O–H groups in total. The Balaban J connectivity index is 1.76. The zero-order valence-electron chi connectivity index (χ0n) is 11.3. The number of rotatable bonds is 2. The molecule has 21 heavy (non-hydrogen) atoms. The second-order valence-corrected chi connectivity index (χ2v) is 6.28. The molecule has 3 rings (SSSR count). The Morgan fingerprint density at radius 3 is 2.38 bits per heavy atom. The number of allylic oxidation sites excluding steroid dienone is 2. The minimum Gasteiger partial charge on any atom is -0.481 e. The molecule has 0 aromatic carbocycles. The van der Waals surface area contributed by atoms with Crippen molar-refractivity contribution in [1.82, 2.24) is 4.90 Å². The van der Waals surface area contributed by atoms with Crippen molar-refractivity contribution in [2.24, 2.45) is 23.2 Å². The number of carbonyl (C=O) groups is 2. The number of carboxylic acids is 1. The molecule has 7 heteroatoms. The lowest BCUT2D eigenvalue weighted by molar-refractivity contribution is -0.227. The Kier molecular flexibility index (Phi) is 3.07. The van der Waals surface area contributed by atoms with Gasteiger partial charge in [-0.1, -0.05) is 12.2 Å². The second kappa shape index (κ2) is 4.48. The SMILES string of the molecule is O=C([C@H]1C[C@H]2C=C[C@H]1C2)N1CC[C@](C(=O)O)(C(F)(F)F)C1. The van der Waals surface area contributed by atoms with Crippen LogP contribution in [0.15, 0.2) is 12.2 Å². The highest BCUT2D eigenvalue weighted by molar-refractivity contribution is 5.83. The molecule has 0 unspecified atom stereocenters. The van der Waals surface area contributed by atoms with Crippen molar-refractivity contribution < 1.29 is 27.9 Å². The predicted molar refractivity (Wildman–Crippen MR) is 66.2 cm³/mol. The Morgan fingerprint density at radius 2 is 1.95 bits per heavy atom. The van der Waals surface area contributed by atoms with Crippen LogP contribution in [0.4, 0.5) is 13.2 Å². The van der Waals surface area contributed by atoms with E-state index >= 15 is 0 Å². The first-order chi connectivity index (χ1) is 9.74. The average Bonchev–Trinajstić information content (AvgIpc) is 3.11. The highest BCUT2D eigenvalue weighted by atomic mass is 19.4. The van der Waals surface area contributed by atoms with Crippen LogP contribution in [0.5, 0.6) is 0 Å². The van der Waals surface area contributed by atoms with E-state index in [4.69, 9.17) is 5.11 Å². The number of amides is 1. The number of carboxylic acid groups (broad SMARTS) is 1. The summed E-state index contributed by atoms with van der Waals surface area (Å²) in [6.45, 7) is -0.898. The van der Waals surface area contributed by atoms with Gasteiger partial charge in [0.2, 0.25) is 5.91 Å². The lowest BCUT2D eigenvalue weighted by Gasteiger charge is -2.29. The number of halogens is 3. The summed E-state index contributed by atoms with van der Waals surface area (Å²) in [4.78, 5) is 24.6. The number of alkyl halides is 3. The molecule has 0 aromatic rings. The standard InChI is InChI=1S/C14H16F3NO3/c15-14(16,17)13(12(20)21)3-4-18(7-13)11(19)10-6-8-1-2-9(10)5-8/h1-2,8-10H,3-7H2,(H,20,21)/t8-,9-,10-,13-/m0/s1. The van der Waals surface area contributed by atoms with Crippen LogP contribution in [-0.2, 0) is 9.59 Å². The van der Waals surface area contributed by atoms with E-state index < -0.39 is 30.5 Å². The predicted octanol–water partition coefficient (Wildman–Crippen LogP) is 2.06. The van der Waals surface area contributed by atoms with Crippen molar-refractivity contribution in [3.8, 4) is 0 Å². The summed E-state index contributed by atoms with van der Waals surface area (Å²) in [5, 5.41) is 9.00. The summed E-state index contributed by atoms with van der Waals surface area (Å²) in [5.74, 6) is -2.04. The fourth-order valence-electron chi connectivity index (χ4n) is 3.82. The molecule has 2 fully saturated rings. The van der Waals surface area contributed by atoms with Crippen molar-refractivity contribution in [2.45, 2.75) is 25.4 Å². The molecule has 116 valence electrons. The third-order valence-electron chi connectivity index (χ3n) is 5.13. The van der Waals surface area contributed by atoms with Gasteiger partial charge in [-0.25, -0.2) is 0 Å². The molecular formula is C14H16F3NO3. The zero-order chi connectivity index (χ0) is 15.4. The first-order valence-corrected chi connectivity index (χ1v) is 7.02. The van der Waals surface area contributed by atoms with Gasteiger partial charge in [0.15, 0.2) is 5.41 Å². The van der Waals surface area contributed by atoms with Gasteiger partial charge in [0.25, 0.3) is 0 Å². The highest BCUT2D eigenvalue weighted by Crippen LogP contribution is 2.48.